The topological polar surface area (TPSA) is 34.1 Å². The maximum absolute atomic E-state index is 12.7. The predicted molar refractivity (Wildman–Crippen MR) is 99.1 cm³/mol. The van der Waals surface area contributed by atoms with E-state index in [1.165, 1.54) is 0 Å². The normalized spacial score (nSPS) is 12.8. The van der Waals surface area contributed by atoms with Crippen LogP contribution in [0.2, 0.25) is 10.0 Å². The molecular formula is C20H18Cl2O2. The van der Waals surface area contributed by atoms with E-state index in [1.807, 2.05) is 13.8 Å². The maximum atomic E-state index is 12.7. The van der Waals surface area contributed by atoms with Crippen LogP contribution in [0.3, 0.4) is 0 Å². The molecule has 0 N–H and O–H groups in total. The lowest BCUT2D eigenvalue weighted by atomic mass is 9.88. The summed E-state index contributed by atoms with van der Waals surface area (Å²) in [5.41, 5.74) is 1.79. The molecule has 2 aromatic carbocycles. The first-order valence-electron chi connectivity index (χ1n) is 7.67. The number of hydrogen-bond donors (Lipinski definition) is 0. The van der Waals surface area contributed by atoms with E-state index in [1.54, 1.807) is 54.6 Å². The fraction of sp³-hybridized carbons (Fsp3) is 0.200. The fourth-order valence-corrected chi connectivity index (χ4v) is 2.80. The van der Waals surface area contributed by atoms with Crippen molar-refractivity contribution in [2.75, 3.05) is 0 Å². The van der Waals surface area contributed by atoms with E-state index in [-0.39, 0.29) is 23.9 Å². The van der Waals surface area contributed by atoms with Crippen LogP contribution in [0.15, 0.2) is 60.2 Å². The van der Waals surface area contributed by atoms with Crippen molar-refractivity contribution in [3.63, 3.8) is 0 Å². The van der Waals surface area contributed by atoms with Crippen LogP contribution in [-0.4, -0.2) is 11.6 Å². The van der Waals surface area contributed by atoms with Gasteiger partial charge in [0.05, 0.1) is 0 Å². The first kappa shape index (κ1) is 18.4. The van der Waals surface area contributed by atoms with Gasteiger partial charge in [-0.25, -0.2) is 0 Å². The van der Waals surface area contributed by atoms with Gasteiger partial charge >= 0.3 is 0 Å². The summed E-state index contributed by atoms with van der Waals surface area (Å²) in [7, 11) is 0. The minimum absolute atomic E-state index is 0.0116. The molecule has 2 nitrogen and oxygen atoms in total. The molecule has 0 unspecified atom stereocenters. The zero-order valence-corrected chi connectivity index (χ0v) is 15.1. The second-order valence-corrected chi connectivity index (χ2v) is 6.49. The number of hydrogen-bond acceptors (Lipinski definition) is 2. The summed E-state index contributed by atoms with van der Waals surface area (Å²) >= 11 is 11.7. The SMILES string of the molecule is C/C=C(\C(=O)c1ccc(Cl)cc1)[C@H](C)CC(=O)c1ccc(Cl)cc1. The molecule has 0 aliphatic carbocycles. The molecule has 2 aromatic rings. The van der Waals surface area contributed by atoms with Gasteiger partial charge in [0.15, 0.2) is 11.6 Å². The van der Waals surface area contributed by atoms with E-state index in [2.05, 4.69) is 0 Å². The lowest BCUT2D eigenvalue weighted by molar-refractivity contribution is 0.0962. The Kier molecular flexibility index (Phi) is 6.36. The number of benzene rings is 2. The van der Waals surface area contributed by atoms with Crippen LogP contribution in [0.25, 0.3) is 0 Å². The first-order valence-corrected chi connectivity index (χ1v) is 8.43. The summed E-state index contributed by atoms with van der Waals surface area (Å²) in [6, 6.07) is 13.5. The molecule has 124 valence electrons. The van der Waals surface area contributed by atoms with E-state index >= 15 is 0 Å². The van der Waals surface area contributed by atoms with E-state index in [4.69, 9.17) is 23.2 Å². The molecule has 0 spiro atoms. The quantitative estimate of drug-likeness (QED) is 0.465. The summed E-state index contributed by atoms with van der Waals surface area (Å²) in [5.74, 6) is -0.269. The Labute approximate surface area is 152 Å². The van der Waals surface area contributed by atoms with Gasteiger partial charge in [0.25, 0.3) is 0 Å². The Morgan fingerprint density at radius 3 is 1.83 bits per heavy atom. The van der Waals surface area contributed by atoms with Gasteiger partial charge in [-0.2, -0.15) is 0 Å². The Bertz CT molecular complexity index is 759. The summed E-state index contributed by atoms with van der Waals surface area (Å²) in [6.07, 6.45) is 2.04. The molecule has 0 radical (unpaired) electrons. The number of ketones is 2. The minimum Gasteiger partial charge on any atom is -0.294 e. The van der Waals surface area contributed by atoms with Crippen LogP contribution >= 0.6 is 23.2 Å². The highest BCUT2D eigenvalue weighted by Crippen LogP contribution is 2.23. The van der Waals surface area contributed by atoms with Gasteiger partial charge in [0.1, 0.15) is 0 Å². The zero-order chi connectivity index (χ0) is 17.7. The third kappa shape index (κ3) is 4.56. The Balaban J connectivity index is 2.12. The number of carbonyl (C=O) groups is 2. The van der Waals surface area contributed by atoms with Crippen LogP contribution in [0, 0.1) is 5.92 Å². The molecule has 0 aliphatic heterocycles. The summed E-state index contributed by atoms with van der Waals surface area (Å²) < 4.78 is 0. The van der Waals surface area contributed by atoms with E-state index in [0.717, 1.165) is 0 Å². The van der Waals surface area contributed by atoms with Crippen molar-refractivity contribution in [3.05, 3.63) is 81.4 Å². The average molecular weight is 361 g/mol. The van der Waals surface area contributed by atoms with Gasteiger partial charge in [0.2, 0.25) is 0 Å². The molecule has 0 amide bonds. The molecular weight excluding hydrogens is 343 g/mol. The van der Waals surface area contributed by atoms with Gasteiger partial charge in [-0.15, -0.1) is 0 Å². The van der Waals surface area contributed by atoms with Crippen molar-refractivity contribution in [1.29, 1.82) is 0 Å². The second-order valence-electron chi connectivity index (χ2n) is 5.62. The monoisotopic (exact) mass is 360 g/mol. The third-order valence-corrected chi connectivity index (χ3v) is 4.37. The van der Waals surface area contributed by atoms with Gasteiger partial charge in [0, 0.05) is 27.6 Å². The zero-order valence-electron chi connectivity index (χ0n) is 13.6. The van der Waals surface area contributed by atoms with Crippen LogP contribution < -0.4 is 0 Å². The molecule has 1 atom stereocenters. The smallest absolute Gasteiger partial charge is 0.188 e. The van der Waals surface area contributed by atoms with Crippen molar-refractivity contribution < 1.29 is 9.59 Å². The molecule has 0 saturated carbocycles. The summed E-state index contributed by atoms with van der Waals surface area (Å²) in [6.45, 7) is 3.70. The highest BCUT2D eigenvalue weighted by atomic mass is 35.5. The molecule has 0 aromatic heterocycles. The van der Waals surface area contributed by atoms with Crippen molar-refractivity contribution in [1.82, 2.24) is 0 Å². The Hall–Kier alpha value is -1.90. The standard InChI is InChI=1S/C20H18Cl2O2/c1-3-18(20(24)15-6-10-17(22)11-7-15)13(2)12-19(23)14-4-8-16(21)9-5-14/h3-11,13H,12H2,1-2H3/b18-3-/t13-/m1/s1. The first-order chi connectivity index (χ1) is 11.4. The van der Waals surface area contributed by atoms with Gasteiger partial charge in [-0.1, -0.05) is 36.2 Å². The van der Waals surface area contributed by atoms with Crippen LogP contribution in [0.5, 0.6) is 0 Å². The van der Waals surface area contributed by atoms with Crippen molar-refractivity contribution in [3.8, 4) is 0 Å². The van der Waals surface area contributed by atoms with Gasteiger partial charge in [-0.05, 0) is 66.9 Å². The lowest BCUT2D eigenvalue weighted by Crippen LogP contribution is -2.15. The highest BCUT2D eigenvalue weighted by molar-refractivity contribution is 6.31. The number of allylic oxidation sites excluding steroid dienone is 2. The molecule has 2 rings (SSSR count). The summed E-state index contributed by atoms with van der Waals surface area (Å²) in [5, 5.41) is 1.17. The molecule has 4 heteroatoms. The molecule has 0 bridgehead atoms. The fourth-order valence-electron chi connectivity index (χ4n) is 2.55. The van der Waals surface area contributed by atoms with Crippen molar-refractivity contribution >= 4 is 34.8 Å². The highest BCUT2D eigenvalue weighted by Gasteiger charge is 2.21. The average Bonchev–Trinajstić information content (AvgIpc) is 2.56. The number of Topliss-reactive ketones (excluding diaryl/α,β-unsaturated/α-hetero) is 2. The van der Waals surface area contributed by atoms with Crippen molar-refractivity contribution in [2.24, 2.45) is 5.92 Å². The van der Waals surface area contributed by atoms with Crippen LogP contribution in [0.1, 0.15) is 41.0 Å². The number of carbonyl (C=O) groups excluding carboxylic acids is 2. The number of halogens is 2. The van der Waals surface area contributed by atoms with Gasteiger partial charge in [-0.3, -0.25) is 9.59 Å². The number of rotatable bonds is 6. The molecule has 0 aliphatic rings. The second kappa shape index (κ2) is 8.27. The molecule has 0 fully saturated rings. The molecule has 0 heterocycles. The largest absolute Gasteiger partial charge is 0.294 e. The van der Waals surface area contributed by atoms with Crippen molar-refractivity contribution in [2.45, 2.75) is 20.3 Å². The Morgan fingerprint density at radius 2 is 1.38 bits per heavy atom. The molecule has 24 heavy (non-hydrogen) atoms. The van der Waals surface area contributed by atoms with E-state index in [0.29, 0.717) is 26.7 Å². The third-order valence-electron chi connectivity index (χ3n) is 3.87. The van der Waals surface area contributed by atoms with E-state index in [9.17, 15) is 9.59 Å². The predicted octanol–water partition coefficient (Wildman–Crippen LogP) is 6.03. The minimum atomic E-state index is -0.179. The van der Waals surface area contributed by atoms with Crippen LogP contribution in [-0.2, 0) is 0 Å². The van der Waals surface area contributed by atoms with E-state index < -0.39 is 0 Å². The lowest BCUT2D eigenvalue weighted by Gasteiger charge is -2.14. The molecule has 0 saturated heterocycles. The maximum Gasteiger partial charge on any atom is 0.188 e. The Morgan fingerprint density at radius 1 is 0.917 bits per heavy atom. The van der Waals surface area contributed by atoms with Crippen LogP contribution in [0.4, 0.5) is 0 Å². The summed E-state index contributed by atoms with van der Waals surface area (Å²) in [4.78, 5) is 25.0. The van der Waals surface area contributed by atoms with Gasteiger partial charge < -0.3 is 0 Å².